The fraction of sp³-hybridized carbons (Fsp3) is 0.185. The number of anilines is 1. The first-order valence-corrected chi connectivity index (χ1v) is 11.0. The van der Waals surface area contributed by atoms with Crippen LogP contribution in [0.1, 0.15) is 10.4 Å². The summed E-state index contributed by atoms with van der Waals surface area (Å²) in [5.74, 6) is 0.493. The van der Waals surface area contributed by atoms with Gasteiger partial charge in [0.15, 0.2) is 0 Å². The first kappa shape index (κ1) is 20.9. The molecule has 0 saturated carbocycles. The minimum Gasteiger partial charge on any atom is -0.497 e. The average Bonchev–Trinajstić information content (AvgIpc) is 2.88. The number of carbonyl (C=O) groups excluding carboxylic acids is 1. The van der Waals surface area contributed by atoms with Gasteiger partial charge in [0.2, 0.25) is 0 Å². The molecule has 6 heteroatoms. The minimum absolute atomic E-state index is 0.00324. The molecule has 4 aromatic rings. The summed E-state index contributed by atoms with van der Waals surface area (Å²) in [6, 6.07) is 23.8. The third kappa shape index (κ3) is 4.24. The van der Waals surface area contributed by atoms with E-state index in [2.05, 4.69) is 4.90 Å². The molecule has 0 atom stereocenters. The molecule has 1 aliphatic heterocycles. The molecule has 2 heterocycles. The van der Waals surface area contributed by atoms with Crippen molar-refractivity contribution >= 4 is 22.5 Å². The molecule has 1 fully saturated rings. The maximum atomic E-state index is 13.6. The second kappa shape index (κ2) is 8.90. The highest BCUT2D eigenvalue weighted by Crippen LogP contribution is 2.28. The van der Waals surface area contributed by atoms with Crippen molar-refractivity contribution in [3.05, 3.63) is 90.2 Å². The molecule has 0 radical (unpaired) electrons. The molecule has 166 valence electrons. The Labute approximate surface area is 192 Å². The van der Waals surface area contributed by atoms with Gasteiger partial charge in [-0.1, -0.05) is 30.3 Å². The number of aromatic nitrogens is 1. The van der Waals surface area contributed by atoms with E-state index in [1.807, 2.05) is 59.5 Å². The van der Waals surface area contributed by atoms with Gasteiger partial charge in [-0.25, -0.2) is 9.37 Å². The molecular formula is C27H24FN3O2. The van der Waals surface area contributed by atoms with Gasteiger partial charge in [-0.2, -0.15) is 0 Å². The Balaban J connectivity index is 1.44. The average molecular weight is 442 g/mol. The normalized spacial score (nSPS) is 13.9. The van der Waals surface area contributed by atoms with Crippen LogP contribution in [-0.2, 0) is 0 Å². The molecule has 0 spiro atoms. The molecule has 1 aromatic heterocycles. The van der Waals surface area contributed by atoms with Gasteiger partial charge in [0.1, 0.15) is 11.6 Å². The molecule has 0 bridgehead atoms. The van der Waals surface area contributed by atoms with Crippen LogP contribution in [0.2, 0.25) is 0 Å². The molecule has 5 nitrogen and oxygen atoms in total. The highest BCUT2D eigenvalue weighted by atomic mass is 19.1. The van der Waals surface area contributed by atoms with Gasteiger partial charge in [0, 0.05) is 42.8 Å². The number of piperazine rings is 1. The van der Waals surface area contributed by atoms with E-state index in [0.717, 1.165) is 33.6 Å². The highest BCUT2D eigenvalue weighted by Gasteiger charge is 2.24. The van der Waals surface area contributed by atoms with E-state index in [4.69, 9.17) is 9.72 Å². The zero-order valence-corrected chi connectivity index (χ0v) is 18.4. The van der Waals surface area contributed by atoms with Crippen molar-refractivity contribution in [3.8, 4) is 17.0 Å². The van der Waals surface area contributed by atoms with Crippen LogP contribution < -0.4 is 9.64 Å². The summed E-state index contributed by atoms with van der Waals surface area (Å²) < 4.78 is 18.6. The lowest BCUT2D eigenvalue weighted by molar-refractivity contribution is 0.0748. The van der Waals surface area contributed by atoms with Crippen LogP contribution >= 0.6 is 0 Å². The van der Waals surface area contributed by atoms with Gasteiger partial charge < -0.3 is 14.5 Å². The van der Waals surface area contributed by atoms with Crippen LogP contribution in [0.15, 0.2) is 78.9 Å². The van der Waals surface area contributed by atoms with Crippen molar-refractivity contribution in [2.24, 2.45) is 0 Å². The number of amides is 1. The Kier molecular flexibility index (Phi) is 5.65. The fourth-order valence-corrected chi connectivity index (χ4v) is 4.27. The largest absolute Gasteiger partial charge is 0.497 e. The highest BCUT2D eigenvalue weighted by molar-refractivity contribution is 6.07. The quantitative estimate of drug-likeness (QED) is 0.447. The minimum atomic E-state index is -0.246. The second-order valence-electron chi connectivity index (χ2n) is 8.06. The van der Waals surface area contributed by atoms with E-state index in [1.165, 1.54) is 12.1 Å². The lowest BCUT2D eigenvalue weighted by atomic mass is 10.0. The van der Waals surface area contributed by atoms with Crippen LogP contribution in [0.4, 0.5) is 10.1 Å². The summed E-state index contributed by atoms with van der Waals surface area (Å²) in [5, 5.41) is 0.843. The Bertz CT molecular complexity index is 1300. The van der Waals surface area contributed by atoms with E-state index in [-0.39, 0.29) is 11.7 Å². The van der Waals surface area contributed by atoms with E-state index < -0.39 is 0 Å². The number of rotatable bonds is 4. The van der Waals surface area contributed by atoms with Crippen molar-refractivity contribution in [2.45, 2.75) is 0 Å². The summed E-state index contributed by atoms with van der Waals surface area (Å²) in [7, 11) is 1.63. The van der Waals surface area contributed by atoms with Gasteiger partial charge in [0.25, 0.3) is 5.91 Å². The zero-order valence-electron chi connectivity index (χ0n) is 18.4. The monoisotopic (exact) mass is 441 g/mol. The maximum Gasteiger partial charge on any atom is 0.254 e. The van der Waals surface area contributed by atoms with Crippen LogP contribution in [0.5, 0.6) is 5.75 Å². The number of nitrogens with zero attached hydrogens (tertiary/aromatic N) is 3. The maximum absolute atomic E-state index is 13.6. The first-order valence-electron chi connectivity index (χ1n) is 11.0. The Morgan fingerprint density at radius 3 is 2.42 bits per heavy atom. The number of para-hydroxylation sites is 1. The number of benzene rings is 3. The Morgan fingerprint density at radius 2 is 1.67 bits per heavy atom. The predicted molar refractivity (Wildman–Crippen MR) is 128 cm³/mol. The summed E-state index contributed by atoms with van der Waals surface area (Å²) in [4.78, 5) is 22.5. The number of halogens is 1. The molecule has 0 aliphatic carbocycles. The number of carbonyl (C=O) groups is 1. The molecule has 1 amide bonds. The van der Waals surface area contributed by atoms with Crippen LogP contribution in [0, 0.1) is 5.82 Å². The topological polar surface area (TPSA) is 45.7 Å². The number of ether oxygens (including phenoxy) is 1. The molecule has 3 aromatic carbocycles. The van der Waals surface area contributed by atoms with Crippen molar-refractivity contribution < 1.29 is 13.9 Å². The van der Waals surface area contributed by atoms with Gasteiger partial charge in [0.05, 0.1) is 23.9 Å². The van der Waals surface area contributed by atoms with Gasteiger partial charge in [-0.3, -0.25) is 4.79 Å². The van der Waals surface area contributed by atoms with Crippen LogP contribution in [0.3, 0.4) is 0 Å². The number of methoxy groups -OCH3 is 1. The van der Waals surface area contributed by atoms with E-state index in [9.17, 15) is 9.18 Å². The van der Waals surface area contributed by atoms with Crippen molar-refractivity contribution in [2.75, 3.05) is 38.2 Å². The van der Waals surface area contributed by atoms with E-state index >= 15 is 0 Å². The van der Waals surface area contributed by atoms with Gasteiger partial charge >= 0.3 is 0 Å². The lowest BCUT2D eigenvalue weighted by Crippen LogP contribution is -2.48. The summed E-state index contributed by atoms with van der Waals surface area (Å²) >= 11 is 0. The van der Waals surface area contributed by atoms with Crippen LogP contribution in [0.25, 0.3) is 22.2 Å². The Morgan fingerprint density at radius 1 is 0.909 bits per heavy atom. The fourth-order valence-electron chi connectivity index (χ4n) is 4.27. The van der Waals surface area contributed by atoms with Gasteiger partial charge in [-0.05, 0) is 48.5 Å². The summed E-state index contributed by atoms with van der Waals surface area (Å²) in [5.41, 5.74) is 4.04. The molecule has 1 saturated heterocycles. The van der Waals surface area contributed by atoms with Crippen molar-refractivity contribution in [1.82, 2.24) is 9.88 Å². The number of hydrogen-bond acceptors (Lipinski definition) is 4. The smallest absolute Gasteiger partial charge is 0.254 e. The standard InChI is InChI=1S/C27H24FN3O2/c1-33-22-6-4-5-19(17-22)26-18-24(23-7-2-3-8-25(23)29-26)27(32)31-15-13-30(14-16-31)21-11-9-20(28)10-12-21/h2-12,17-18H,13-16H2,1H3. The number of hydrogen-bond donors (Lipinski definition) is 0. The van der Waals surface area contributed by atoms with E-state index in [0.29, 0.717) is 31.7 Å². The van der Waals surface area contributed by atoms with E-state index in [1.54, 1.807) is 19.2 Å². The van der Waals surface area contributed by atoms with Gasteiger partial charge in [-0.15, -0.1) is 0 Å². The lowest BCUT2D eigenvalue weighted by Gasteiger charge is -2.36. The molecule has 1 aliphatic rings. The third-order valence-corrected chi connectivity index (χ3v) is 6.07. The zero-order chi connectivity index (χ0) is 22.8. The predicted octanol–water partition coefficient (Wildman–Crippen LogP) is 5.01. The summed E-state index contributed by atoms with van der Waals surface area (Å²) in [6.07, 6.45) is 0. The summed E-state index contributed by atoms with van der Waals surface area (Å²) in [6.45, 7) is 2.59. The SMILES string of the molecule is COc1cccc(-c2cc(C(=O)N3CCN(c4ccc(F)cc4)CC3)c3ccccc3n2)c1. The van der Waals surface area contributed by atoms with Crippen molar-refractivity contribution in [1.29, 1.82) is 0 Å². The number of fused-ring (bicyclic) bond motifs is 1. The second-order valence-corrected chi connectivity index (χ2v) is 8.06. The molecule has 5 rings (SSSR count). The molecule has 0 unspecified atom stereocenters. The van der Waals surface area contributed by atoms with Crippen molar-refractivity contribution in [3.63, 3.8) is 0 Å². The van der Waals surface area contributed by atoms with Crippen LogP contribution in [-0.4, -0.2) is 49.1 Å². The third-order valence-electron chi connectivity index (χ3n) is 6.07. The molecule has 0 N–H and O–H groups in total. The molecular weight excluding hydrogens is 417 g/mol. The molecule has 33 heavy (non-hydrogen) atoms. The Hall–Kier alpha value is -3.93. The number of pyridine rings is 1. The first-order chi connectivity index (χ1) is 16.1.